The van der Waals surface area contributed by atoms with Gasteiger partial charge in [-0.3, -0.25) is 9.69 Å². The first kappa shape index (κ1) is 22.3. The van der Waals surface area contributed by atoms with Crippen molar-refractivity contribution in [2.75, 3.05) is 44.4 Å². The first-order valence-corrected chi connectivity index (χ1v) is 12.7. The quantitative estimate of drug-likeness (QED) is 0.611. The summed E-state index contributed by atoms with van der Waals surface area (Å²) in [6.07, 6.45) is 4.55. The highest BCUT2D eigenvalue weighted by molar-refractivity contribution is 7.99. The fraction of sp³-hybridized carbons (Fsp3) is 0.478. The molecule has 0 radical (unpaired) electrons. The molecule has 1 aromatic carbocycles. The number of carbonyl (C=O) groups excluding carboxylic acids is 1. The number of thioether (sulfide) groups is 1. The number of ether oxygens (including phenoxy) is 2. The molecule has 2 aliphatic heterocycles. The van der Waals surface area contributed by atoms with Crippen LogP contribution < -0.4 is 10.1 Å². The highest BCUT2D eigenvalue weighted by Gasteiger charge is 2.40. The molecule has 2 saturated heterocycles. The van der Waals surface area contributed by atoms with Gasteiger partial charge in [0.15, 0.2) is 0 Å². The Morgan fingerprint density at radius 2 is 2.26 bits per heavy atom. The largest absolute Gasteiger partial charge is 0.487 e. The number of nitrogens with zero attached hydrogens (tertiary/aromatic N) is 2. The standard InChI is InChI=1S/C23H29N3O3S2/c1-18-25-20(15-31-18)14-29-21-4-2-3-19(13-21)5-6-22(27)24-16-23(7-12-30-17-23)26-8-10-28-11-9-26/h2-6,13,15H,7-12,14,16-17H2,1H3,(H,24,27)/b6-5+. The van der Waals surface area contributed by atoms with E-state index >= 15 is 0 Å². The topological polar surface area (TPSA) is 63.7 Å². The smallest absolute Gasteiger partial charge is 0.244 e. The van der Waals surface area contributed by atoms with Crippen molar-refractivity contribution in [3.05, 3.63) is 52.0 Å². The van der Waals surface area contributed by atoms with Crippen LogP contribution in [0, 0.1) is 6.92 Å². The van der Waals surface area contributed by atoms with Crippen molar-refractivity contribution in [1.82, 2.24) is 15.2 Å². The second kappa shape index (κ2) is 10.6. The Hall–Kier alpha value is -1.87. The molecule has 2 aliphatic rings. The van der Waals surface area contributed by atoms with Crippen LogP contribution in [0.25, 0.3) is 6.08 Å². The van der Waals surface area contributed by atoms with Crippen molar-refractivity contribution in [1.29, 1.82) is 0 Å². The van der Waals surface area contributed by atoms with E-state index in [-0.39, 0.29) is 11.4 Å². The summed E-state index contributed by atoms with van der Waals surface area (Å²) in [5.41, 5.74) is 1.92. The fourth-order valence-electron chi connectivity index (χ4n) is 3.96. The van der Waals surface area contributed by atoms with Gasteiger partial charge in [0.25, 0.3) is 0 Å². The number of thiazole rings is 1. The number of hydrogen-bond acceptors (Lipinski definition) is 7. The summed E-state index contributed by atoms with van der Waals surface area (Å²) < 4.78 is 11.4. The molecule has 1 atom stereocenters. The molecule has 2 fully saturated rings. The number of aryl methyl sites for hydroxylation is 1. The third-order valence-electron chi connectivity index (χ3n) is 5.69. The van der Waals surface area contributed by atoms with Crippen molar-refractivity contribution < 1.29 is 14.3 Å². The first-order chi connectivity index (χ1) is 15.1. The zero-order valence-corrected chi connectivity index (χ0v) is 19.5. The molecule has 0 spiro atoms. The van der Waals surface area contributed by atoms with Crippen molar-refractivity contribution in [3.8, 4) is 5.75 Å². The molecule has 0 saturated carbocycles. The minimum absolute atomic E-state index is 0.0553. The predicted molar refractivity (Wildman–Crippen MR) is 127 cm³/mol. The van der Waals surface area contributed by atoms with E-state index in [1.807, 2.05) is 54.4 Å². The van der Waals surface area contributed by atoms with Crippen LogP contribution in [0.3, 0.4) is 0 Å². The molecular weight excluding hydrogens is 430 g/mol. The number of benzene rings is 1. The predicted octanol–water partition coefficient (Wildman–Crippen LogP) is 3.37. The molecule has 0 bridgehead atoms. The second-order valence-electron chi connectivity index (χ2n) is 7.90. The van der Waals surface area contributed by atoms with E-state index < -0.39 is 0 Å². The van der Waals surface area contributed by atoms with Gasteiger partial charge in [-0.2, -0.15) is 11.8 Å². The zero-order valence-electron chi connectivity index (χ0n) is 17.8. The van der Waals surface area contributed by atoms with Gasteiger partial charge >= 0.3 is 0 Å². The zero-order chi connectivity index (χ0) is 21.5. The number of rotatable bonds is 8. The highest BCUT2D eigenvalue weighted by Crippen LogP contribution is 2.33. The summed E-state index contributed by atoms with van der Waals surface area (Å²) in [4.78, 5) is 19.4. The molecule has 31 heavy (non-hydrogen) atoms. The Bertz CT molecular complexity index is 903. The highest BCUT2D eigenvalue weighted by atomic mass is 32.2. The molecular formula is C23H29N3O3S2. The van der Waals surface area contributed by atoms with Crippen LogP contribution in [0.4, 0.5) is 0 Å². The fourth-order valence-corrected chi connectivity index (χ4v) is 6.03. The van der Waals surface area contributed by atoms with E-state index in [9.17, 15) is 4.79 Å². The van der Waals surface area contributed by atoms with Crippen LogP contribution in [0.15, 0.2) is 35.7 Å². The van der Waals surface area contributed by atoms with E-state index in [2.05, 4.69) is 15.2 Å². The second-order valence-corrected chi connectivity index (χ2v) is 10.1. The summed E-state index contributed by atoms with van der Waals surface area (Å²) in [6.45, 7) is 6.55. The van der Waals surface area contributed by atoms with E-state index in [1.54, 1.807) is 17.4 Å². The maximum atomic E-state index is 12.5. The average Bonchev–Trinajstić information content (AvgIpc) is 3.45. The van der Waals surface area contributed by atoms with E-state index in [1.165, 1.54) is 0 Å². The van der Waals surface area contributed by atoms with E-state index in [0.717, 1.165) is 66.2 Å². The van der Waals surface area contributed by atoms with Crippen LogP contribution in [-0.4, -0.2) is 65.7 Å². The molecule has 0 aliphatic carbocycles. The Labute approximate surface area is 192 Å². The number of carbonyl (C=O) groups is 1. The Balaban J connectivity index is 1.30. The van der Waals surface area contributed by atoms with Crippen LogP contribution >= 0.6 is 23.1 Å². The van der Waals surface area contributed by atoms with Crippen LogP contribution in [0.1, 0.15) is 22.7 Å². The number of nitrogens with one attached hydrogen (secondary N) is 1. The Kier molecular flexibility index (Phi) is 7.66. The number of hydrogen-bond donors (Lipinski definition) is 1. The molecule has 2 aromatic rings. The van der Waals surface area contributed by atoms with Gasteiger partial charge in [-0.05, 0) is 42.9 Å². The molecule has 1 aromatic heterocycles. The molecule has 3 heterocycles. The van der Waals surface area contributed by atoms with Crippen molar-refractivity contribution in [3.63, 3.8) is 0 Å². The lowest BCUT2D eigenvalue weighted by Crippen LogP contribution is -2.59. The Morgan fingerprint density at radius 1 is 1.39 bits per heavy atom. The molecule has 6 nitrogen and oxygen atoms in total. The van der Waals surface area contributed by atoms with Crippen molar-refractivity contribution in [2.45, 2.75) is 25.5 Å². The van der Waals surface area contributed by atoms with E-state index in [4.69, 9.17) is 9.47 Å². The molecule has 8 heteroatoms. The molecule has 1 unspecified atom stereocenters. The molecule has 1 N–H and O–H groups in total. The molecule has 166 valence electrons. The summed E-state index contributed by atoms with van der Waals surface area (Å²) in [5.74, 6) is 2.92. The summed E-state index contributed by atoms with van der Waals surface area (Å²) >= 11 is 3.59. The third-order valence-corrected chi connectivity index (χ3v) is 7.75. The Morgan fingerprint density at radius 3 is 3.00 bits per heavy atom. The van der Waals surface area contributed by atoms with Crippen LogP contribution in [-0.2, 0) is 16.1 Å². The monoisotopic (exact) mass is 459 g/mol. The maximum absolute atomic E-state index is 12.5. The lowest BCUT2D eigenvalue weighted by atomic mass is 9.95. The van der Waals surface area contributed by atoms with Crippen molar-refractivity contribution >= 4 is 35.1 Å². The minimum atomic E-state index is -0.0613. The van der Waals surface area contributed by atoms with Gasteiger partial charge in [0, 0.05) is 42.4 Å². The van der Waals surface area contributed by atoms with Crippen molar-refractivity contribution in [2.24, 2.45) is 0 Å². The first-order valence-electron chi connectivity index (χ1n) is 10.6. The summed E-state index contributed by atoms with van der Waals surface area (Å²) in [7, 11) is 0. The number of morpholine rings is 1. The third kappa shape index (κ3) is 6.10. The van der Waals surface area contributed by atoms with Gasteiger partial charge in [0.05, 0.1) is 23.9 Å². The SMILES string of the molecule is Cc1nc(COc2cccc(/C=C/C(=O)NCC3(N4CCOCC4)CCSC3)c2)cs1. The van der Waals surface area contributed by atoms with Gasteiger partial charge in [0.1, 0.15) is 12.4 Å². The van der Waals surface area contributed by atoms with Gasteiger partial charge in [-0.15, -0.1) is 11.3 Å². The van der Waals surface area contributed by atoms with E-state index in [0.29, 0.717) is 13.2 Å². The molecule has 4 rings (SSSR count). The summed E-state index contributed by atoms with van der Waals surface area (Å²) in [5, 5.41) is 6.18. The average molecular weight is 460 g/mol. The number of aromatic nitrogens is 1. The number of amides is 1. The molecule has 1 amide bonds. The minimum Gasteiger partial charge on any atom is -0.487 e. The van der Waals surface area contributed by atoms with Gasteiger partial charge in [-0.1, -0.05) is 12.1 Å². The van der Waals surface area contributed by atoms with Gasteiger partial charge in [0.2, 0.25) is 5.91 Å². The lowest BCUT2D eigenvalue weighted by Gasteiger charge is -2.42. The normalized spacial score (nSPS) is 22.1. The maximum Gasteiger partial charge on any atom is 0.244 e. The van der Waals surface area contributed by atoms with Gasteiger partial charge < -0.3 is 14.8 Å². The lowest BCUT2D eigenvalue weighted by molar-refractivity contribution is -0.117. The van der Waals surface area contributed by atoms with Gasteiger partial charge in [-0.25, -0.2) is 4.98 Å². The summed E-state index contributed by atoms with van der Waals surface area (Å²) in [6, 6.07) is 7.75. The van der Waals surface area contributed by atoms with Crippen LogP contribution in [0.2, 0.25) is 0 Å². The van der Waals surface area contributed by atoms with Crippen LogP contribution in [0.5, 0.6) is 5.75 Å².